The van der Waals surface area contributed by atoms with E-state index in [0.29, 0.717) is 15.4 Å². The van der Waals surface area contributed by atoms with E-state index < -0.39 is 0 Å². The first kappa shape index (κ1) is 16.8. The number of H-pyrrole nitrogens is 1. The van der Waals surface area contributed by atoms with Gasteiger partial charge < -0.3 is 9.72 Å². The van der Waals surface area contributed by atoms with Crippen LogP contribution < -0.4 is 5.56 Å². The van der Waals surface area contributed by atoms with E-state index in [1.807, 2.05) is 5.38 Å². The molecule has 1 aromatic carbocycles. The van der Waals surface area contributed by atoms with Gasteiger partial charge in [0, 0.05) is 23.3 Å². The Morgan fingerprint density at radius 2 is 2.16 bits per heavy atom. The van der Waals surface area contributed by atoms with E-state index in [2.05, 4.69) is 9.97 Å². The summed E-state index contributed by atoms with van der Waals surface area (Å²) in [6, 6.07) is 6.16. The highest BCUT2D eigenvalue weighted by molar-refractivity contribution is 7.99. The zero-order valence-corrected chi connectivity index (χ0v) is 15.1. The molecular formula is C18H17FN2O2S2. The molecule has 0 aliphatic carbocycles. The number of thiophene rings is 1. The largest absolute Gasteiger partial charge is 0.377 e. The molecule has 3 aromatic rings. The zero-order chi connectivity index (χ0) is 17.2. The van der Waals surface area contributed by atoms with Gasteiger partial charge in [-0.3, -0.25) is 4.79 Å². The fraction of sp³-hybridized carbons (Fsp3) is 0.333. The molecule has 1 aliphatic rings. The van der Waals surface area contributed by atoms with Crippen molar-refractivity contribution in [2.75, 3.05) is 12.4 Å². The van der Waals surface area contributed by atoms with Crippen LogP contribution in [0.5, 0.6) is 0 Å². The normalized spacial score (nSPS) is 17.9. The van der Waals surface area contributed by atoms with Crippen molar-refractivity contribution in [3.8, 4) is 11.1 Å². The summed E-state index contributed by atoms with van der Waals surface area (Å²) >= 11 is 2.96. The number of benzene rings is 1. The minimum Gasteiger partial charge on any atom is -0.377 e. The molecule has 4 nitrogen and oxygen atoms in total. The molecule has 1 saturated heterocycles. The van der Waals surface area contributed by atoms with Crippen molar-refractivity contribution < 1.29 is 9.13 Å². The Morgan fingerprint density at radius 1 is 1.32 bits per heavy atom. The number of thioether (sulfide) groups is 1. The maximum absolute atomic E-state index is 13.1. The van der Waals surface area contributed by atoms with Crippen molar-refractivity contribution in [3.63, 3.8) is 0 Å². The molecule has 1 aliphatic heterocycles. The van der Waals surface area contributed by atoms with Crippen LogP contribution in [0.2, 0.25) is 0 Å². The lowest BCUT2D eigenvalue weighted by molar-refractivity contribution is 0.0315. The van der Waals surface area contributed by atoms with Crippen LogP contribution in [0.3, 0.4) is 0 Å². The molecule has 1 atom stereocenters. The van der Waals surface area contributed by atoms with Gasteiger partial charge in [0.15, 0.2) is 5.16 Å². The number of hydrogen-bond acceptors (Lipinski definition) is 5. The smallest absolute Gasteiger partial charge is 0.260 e. The average molecular weight is 376 g/mol. The van der Waals surface area contributed by atoms with E-state index in [9.17, 15) is 9.18 Å². The lowest BCUT2D eigenvalue weighted by Crippen LogP contribution is -2.21. The fourth-order valence-corrected chi connectivity index (χ4v) is 4.88. The highest BCUT2D eigenvalue weighted by Gasteiger charge is 2.17. The molecule has 3 heterocycles. The Morgan fingerprint density at radius 3 is 2.92 bits per heavy atom. The number of fused-ring (bicyclic) bond motifs is 1. The molecule has 0 radical (unpaired) electrons. The van der Waals surface area contributed by atoms with E-state index >= 15 is 0 Å². The summed E-state index contributed by atoms with van der Waals surface area (Å²) in [6.45, 7) is 0.820. The van der Waals surface area contributed by atoms with Crippen LogP contribution in [0.15, 0.2) is 39.6 Å². The number of aromatic nitrogens is 2. The minimum atomic E-state index is -0.293. The Balaban J connectivity index is 1.60. The molecule has 1 N–H and O–H groups in total. The second-order valence-corrected chi connectivity index (χ2v) is 7.87. The summed E-state index contributed by atoms with van der Waals surface area (Å²) in [7, 11) is 0. The second kappa shape index (κ2) is 7.27. The van der Waals surface area contributed by atoms with Crippen molar-refractivity contribution in [1.82, 2.24) is 9.97 Å². The predicted octanol–water partition coefficient (Wildman–Crippen LogP) is 4.45. The monoisotopic (exact) mass is 376 g/mol. The molecule has 0 saturated carbocycles. The fourth-order valence-electron chi connectivity index (χ4n) is 2.95. The number of ether oxygens (including phenoxy) is 1. The zero-order valence-electron chi connectivity index (χ0n) is 13.5. The predicted molar refractivity (Wildman–Crippen MR) is 99.9 cm³/mol. The van der Waals surface area contributed by atoms with E-state index in [-0.39, 0.29) is 17.5 Å². The first-order valence-corrected chi connectivity index (χ1v) is 10.1. The standard InChI is InChI=1S/C18H17FN2O2S2/c19-12-6-4-11(5-7-12)14-10-24-17-15(14)16(22)20-18(21-17)25-9-13-3-1-2-8-23-13/h4-7,10,13H,1-3,8-9H2,(H,20,21,22)/t13-/m0/s1. The molecular weight excluding hydrogens is 359 g/mol. The maximum Gasteiger partial charge on any atom is 0.260 e. The maximum atomic E-state index is 13.1. The van der Waals surface area contributed by atoms with Gasteiger partial charge in [-0.25, -0.2) is 9.37 Å². The third-order valence-corrected chi connectivity index (χ3v) is 6.13. The van der Waals surface area contributed by atoms with E-state index in [1.54, 1.807) is 12.1 Å². The number of nitrogens with zero attached hydrogens (tertiary/aromatic N) is 1. The molecule has 4 rings (SSSR count). The van der Waals surface area contributed by atoms with Crippen molar-refractivity contribution >= 4 is 33.3 Å². The summed E-state index contributed by atoms with van der Waals surface area (Å²) in [5.74, 6) is 0.504. The summed E-state index contributed by atoms with van der Waals surface area (Å²) in [5, 5.41) is 3.09. The minimum absolute atomic E-state index is 0.155. The van der Waals surface area contributed by atoms with Gasteiger partial charge >= 0.3 is 0 Å². The van der Waals surface area contributed by atoms with Crippen molar-refractivity contribution in [2.45, 2.75) is 30.5 Å². The van der Waals surface area contributed by atoms with Crippen LogP contribution in [0.25, 0.3) is 21.3 Å². The van der Waals surface area contributed by atoms with E-state index in [1.165, 1.54) is 41.7 Å². The number of nitrogens with one attached hydrogen (secondary N) is 1. The summed E-state index contributed by atoms with van der Waals surface area (Å²) in [6.07, 6.45) is 3.62. The Labute approximate surface area is 152 Å². The molecule has 0 spiro atoms. The molecule has 0 bridgehead atoms. The van der Waals surface area contributed by atoms with Gasteiger partial charge in [-0.05, 0) is 37.0 Å². The topological polar surface area (TPSA) is 55.0 Å². The molecule has 0 unspecified atom stereocenters. The van der Waals surface area contributed by atoms with Gasteiger partial charge in [-0.2, -0.15) is 0 Å². The first-order chi connectivity index (χ1) is 12.2. The van der Waals surface area contributed by atoms with E-state index in [0.717, 1.165) is 36.3 Å². The van der Waals surface area contributed by atoms with E-state index in [4.69, 9.17) is 4.74 Å². The SMILES string of the molecule is O=c1[nH]c(SC[C@@H]2CCCCO2)nc2scc(-c3ccc(F)cc3)c12. The highest BCUT2D eigenvalue weighted by Crippen LogP contribution is 2.32. The number of halogens is 1. The number of rotatable bonds is 4. The summed E-state index contributed by atoms with van der Waals surface area (Å²) < 4.78 is 18.8. The van der Waals surface area contributed by atoms with Gasteiger partial charge in [-0.15, -0.1) is 11.3 Å². The Bertz CT molecular complexity index is 930. The molecule has 1 fully saturated rings. The molecule has 25 heavy (non-hydrogen) atoms. The van der Waals surface area contributed by atoms with Gasteiger partial charge in [-0.1, -0.05) is 23.9 Å². The van der Waals surface area contributed by atoms with Gasteiger partial charge in [0.25, 0.3) is 5.56 Å². The molecule has 130 valence electrons. The second-order valence-electron chi connectivity index (χ2n) is 6.01. The van der Waals surface area contributed by atoms with Crippen LogP contribution in [0.4, 0.5) is 4.39 Å². The molecule has 7 heteroatoms. The van der Waals surface area contributed by atoms with Crippen molar-refractivity contribution in [1.29, 1.82) is 0 Å². The quantitative estimate of drug-likeness (QED) is 0.540. The lowest BCUT2D eigenvalue weighted by Gasteiger charge is -2.21. The first-order valence-electron chi connectivity index (χ1n) is 8.22. The van der Waals surface area contributed by atoms with Gasteiger partial charge in [0.05, 0.1) is 11.5 Å². The molecule has 2 aromatic heterocycles. The third kappa shape index (κ3) is 3.63. The Kier molecular flexibility index (Phi) is 4.87. The van der Waals surface area contributed by atoms with Crippen LogP contribution in [0, 0.1) is 5.82 Å². The Hall–Kier alpha value is -1.70. The number of hydrogen-bond donors (Lipinski definition) is 1. The summed E-state index contributed by atoms with van der Waals surface area (Å²) in [4.78, 5) is 20.7. The molecule has 0 amide bonds. The van der Waals surface area contributed by atoms with Crippen molar-refractivity contribution in [3.05, 3.63) is 45.8 Å². The lowest BCUT2D eigenvalue weighted by atomic mass is 10.1. The number of aromatic amines is 1. The van der Waals surface area contributed by atoms with Crippen LogP contribution in [-0.4, -0.2) is 28.4 Å². The van der Waals surface area contributed by atoms with Crippen LogP contribution in [-0.2, 0) is 4.74 Å². The van der Waals surface area contributed by atoms with Gasteiger partial charge in [0.1, 0.15) is 10.6 Å². The average Bonchev–Trinajstić information content (AvgIpc) is 3.06. The summed E-state index contributed by atoms with van der Waals surface area (Å²) in [5.41, 5.74) is 1.45. The highest BCUT2D eigenvalue weighted by atomic mass is 32.2. The third-order valence-electron chi connectivity index (χ3n) is 4.26. The van der Waals surface area contributed by atoms with Gasteiger partial charge in [0.2, 0.25) is 0 Å². The van der Waals surface area contributed by atoms with Crippen LogP contribution in [0.1, 0.15) is 19.3 Å². The van der Waals surface area contributed by atoms with Crippen LogP contribution >= 0.6 is 23.1 Å². The van der Waals surface area contributed by atoms with Crippen molar-refractivity contribution in [2.24, 2.45) is 0 Å².